The zero-order valence-corrected chi connectivity index (χ0v) is 13.1. The Hall–Kier alpha value is -0.100. The van der Waals surface area contributed by atoms with Crippen LogP contribution in [0.5, 0.6) is 0 Å². The molecule has 2 aliphatic heterocycles. The smallest absolute Gasteiger partial charge is 0.133 e. The number of amidine groups is 1. The van der Waals surface area contributed by atoms with Crippen LogP contribution in [-0.4, -0.2) is 22.1 Å². The molecule has 0 fully saturated rings. The second-order valence-electron chi connectivity index (χ2n) is 3.89. The van der Waals surface area contributed by atoms with E-state index in [2.05, 4.69) is 75.5 Å². The number of nitrogens with zero attached hydrogens (tertiary/aromatic N) is 2. The van der Waals surface area contributed by atoms with Crippen molar-refractivity contribution in [3.8, 4) is 0 Å². The first-order chi connectivity index (χ1) is 7.63. The van der Waals surface area contributed by atoms with Crippen molar-refractivity contribution >= 4 is 44.4 Å². The Morgan fingerprint density at radius 2 is 2.38 bits per heavy atom. The van der Waals surface area contributed by atoms with E-state index in [1.54, 1.807) is 0 Å². The van der Waals surface area contributed by atoms with Crippen LogP contribution in [0.3, 0.4) is 0 Å². The SMILES string of the molecule is CCC(Br)C1=C(I)CN2C(C)=CC=CC2=N1. The summed E-state index contributed by atoms with van der Waals surface area (Å²) in [5, 5.41) is 0. The molecule has 86 valence electrons. The minimum absolute atomic E-state index is 0.369. The van der Waals surface area contributed by atoms with E-state index in [0.29, 0.717) is 4.83 Å². The molecule has 0 aromatic rings. The van der Waals surface area contributed by atoms with Gasteiger partial charge in [-0.05, 0) is 48.1 Å². The molecule has 0 radical (unpaired) electrons. The number of aliphatic imine (C=N–C) groups is 1. The summed E-state index contributed by atoms with van der Waals surface area (Å²) in [4.78, 5) is 7.37. The molecule has 0 saturated heterocycles. The first-order valence-electron chi connectivity index (χ1n) is 5.37. The van der Waals surface area contributed by atoms with E-state index in [9.17, 15) is 0 Å². The molecule has 0 aromatic heterocycles. The second-order valence-corrected chi connectivity index (χ2v) is 6.30. The van der Waals surface area contributed by atoms with Gasteiger partial charge in [0.1, 0.15) is 5.84 Å². The van der Waals surface area contributed by atoms with E-state index < -0.39 is 0 Å². The summed E-state index contributed by atoms with van der Waals surface area (Å²) >= 11 is 6.09. The Morgan fingerprint density at radius 1 is 1.62 bits per heavy atom. The summed E-state index contributed by atoms with van der Waals surface area (Å²) in [5.41, 5.74) is 2.45. The van der Waals surface area contributed by atoms with E-state index in [1.807, 2.05) is 0 Å². The van der Waals surface area contributed by atoms with E-state index >= 15 is 0 Å². The summed E-state index contributed by atoms with van der Waals surface area (Å²) in [5.74, 6) is 1.06. The van der Waals surface area contributed by atoms with Gasteiger partial charge in [-0.25, -0.2) is 4.99 Å². The highest BCUT2D eigenvalue weighted by molar-refractivity contribution is 14.1. The molecule has 2 rings (SSSR count). The molecule has 2 aliphatic rings. The van der Waals surface area contributed by atoms with Gasteiger partial charge in [0.05, 0.1) is 17.1 Å². The molecule has 0 bridgehead atoms. The van der Waals surface area contributed by atoms with Crippen molar-refractivity contribution in [2.45, 2.75) is 25.1 Å². The van der Waals surface area contributed by atoms with Gasteiger partial charge < -0.3 is 4.90 Å². The fourth-order valence-corrected chi connectivity index (χ4v) is 3.42. The average molecular weight is 393 g/mol. The van der Waals surface area contributed by atoms with Gasteiger partial charge >= 0.3 is 0 Å². The summed E-state index contributed by atoms with van der Waals surface area (Å²) in [7, 11) is 0. The summed E-state index contributed by atoms with van der Waals surface area (Å²) in [6.07, 6.45) is 7.33. The maximum absolute atomic E-state index is 4.75. The van der Waals surface area contributed by atoms with Gasteiger partial charge in [-0.3, -0.25) is 0 Å². The average Bonchev–Trinajstić information content (AvgIpc) is 2.29. The Kier molecular flexibility index (Phi) is 3.89. The highest BCUT2D eigenvalue weighted by atomic mass is 127. The van der Waals surface area contributed by atoms with E-state index in [1.165, 1.54) is 15.0 Å². The summed E-state index contributed by atoms with van der Waals surface area (Å²) in [6.45, 7) is 5.24. The zero-order valence-electron chi connectivity index (χ0n) is 9.37. The standard InChI is InChI=1S/C12H14BrIN2/c1-3-9(13)12-10(14)7-16-8(2)5-4-6-11(16)15-12/h4-6,9H,3,7H2,1-2H3. The quantitative estimate of drug-likeness (QED) is 0.512. The van der Waals surface area contributed by atoms with Crippen molar-refractivity contribution < 1.29 is 0 Å². The third-order valence-electron chi connectivity index (χ3n) is 2.75. The molecular weight excluding hydrogens is 379 g/mol. The van der Waals surface area contributed by atoms with Crippen LogP contribution in [0.15, 0.2) is 38.2 Å². The Morgan fingerprint density at radius 3 is 3.06 bits per heavy atom. The maximum atomic E-state index is 4.75. The van der Waals surface area contributed by atoms with Crippen LogP contribution in [-0.2, 0) is 0 Å². The van der Waals surface area contributed by atoms with E-state index in [4.69, 9.17) is 4.99 Å². The van der Waals surface area contributed by atoms with Crippen molar-refractivity contribution in [1.29, 1.82) is 0 Å². The van der Waals surface area contributed by atoms with Crippen LogP contribution >= 0.6 is 38.5 Å². The molecule has 2 nitrogen and oxygen atoms in total. The third-order valence-corrected chi connectivity index (χ3v) is 4.72. The molecule has 0 aliphatic carbocycles. The predicted molar refractivity (Wildman–Crippen MR) is 81.1 cm³/mol. The summed E-state index contributed by atoms with van der Waals surface area (Å²) in [6, 6.07) is 0. The monoisotopic (exact) mass is 392 g/mol. The number of alkyl halides is 1. The molecule has 0 aromatic carbocycles. The number of hydrogen-bond donors (Lipinski definition) is 0. The van der Waals surface area contributed by atoms with Crippen molar-refractivity contribution in [2.24, 2.45) is 4.99 Å². The van der Waals surface area contributed by atoms with Crippen LogP contribution in [0.4, 0.5) is 0 Å². The third kappa shape index (κ3) is 2.27. The highest BCUT2D eigenvalue weighted by Crippen LogP contribution is 2.31. The van der Waals surface area contributed by atoms with Crippen LogP contribution in [0.1, 0.15) is 20.3 Å². The number of hydrogen-bond acceptors (Lipinski definition) is 2. The van der Waals surface area contributed by atoms with Crippen LogP contribution in [0.2, 0.25) is 0 Å². The van der Waals surface area contributed by atoms with Crippen LogP contribution < -0.4 is 0 Å². The fourth-order valence-electron chi connectivity index (χ4n) is 1.77. The predicted octanol–water partition coefficient (Wildman–Crippen LogP) is 3.99. The molecule has 1 unspecified atom stereocenters. The zero-order chi connectivity index (χ0) is 11.7. The van der Waals surface area contributed by atoms with Gasteiger partial charge in [0.2, 0.25) is 0 Å². The Balaban J connectivity index is 2.34. The van der Waals surface area contributed by atoms with Crippen molar-refractivity contribution in [3.63, 3.8) is 0 Å². The number of fused-ring (bicyclic) bond motifs is 1. The lowest BCUT2D eigenvalue weighted by atomic mass is 10.1. The molecule has 0 N–H and O–H groups in total. The summed E-state index contributed by atoms with van der Waals surface area (Å²) < 4.78 is 1.33. The van der Waals surface area contributed by atoms with Gasteiger partial charge in [-0.1, -0.05) is 28.9 Å². The van der Waals surface area contributed by atoms with Crippen molar-refractivity contribution in [2.75, 3.05) is 6.54 Å². The van der Waals surface area contributed by atoms with E-state index in [0.717, 1.165) is 18.8 Å². The Bertz CT molecular complexity index is 421. The number of allylic oxidation sites excluding steroid dienone is 4. The lowest BCUT2D eigenvalue weighted by Crippen LogP contribution is -2.34. The normalized spacial score (nSPS) is 21.6. The lowest BCUT2D eigenvalue weighted by Gasteiger charge is -2.32. The molecule has 0 amide bonds. The fraction of sp³-hybridized carbons (Fsp3) is 0.417. The first kappa shape index (κ1) is 12.4. The van der Waals surface area contributed by atoms with Crippen LogP contribution in [0.25, 0.3) is 0 Å². The molecule has 0 saturated carbocycles. The Labute approximate surface area is 118 Å². The molecule has 2 heterocycles. The van der Waals surface area contributed by atoms with Gasteiger partial charge in [-0.15, -0.1) is 0 Å². The second kappa shape index (κ2) is 5.04. The molecule has 0 spiro atoms. The number of halogens is 2. The molecule has 1 atom stereocenters. The van der Waals surface area contributed by atoms with Crippen molar-refractivity contribution in [3.05, 3.63) is 33.2 Å². The molecular formula is C12H14BrIN2. The number of rotatable bonds is 2. The van der Waals surface area contributed by atoms with E-state index in [-0.39, 0.29) is 0 Å². The van der Waals surface area contributed by atoms with Gasteiger partial charge in [-0.2, -0.15) is 0 Å². The molecule has 4 heteroatoms. The minimum atomic E-state index is 0.369. The maximum Gasteiger partial charge on any atom is 0.133 e. The van der Waals surface area contributed by atoms with Gasteiger partial charge in [0.15, 0.2) is 0 Å². The largest absolute Gasteiger partial charge is 0.325 e. The van der Waals surface area contributed by atoms with Crippen molar-refractivity contribution in [1.82, 2.24) is 4.90 Å². The minimum Gasteiger partial charge on any atom is -0.325 e. The van der Waals surface area contributed by atoms with Crippen LogP contribution in [0, 0.1) is 0 Å². The van der Waals surface area contributed by atoms with Gasteiger partial charge in [0.25, 0.3) is 0 Å². The topological polar surface area (TPSA) is 15.6 Å². The first-order valence-corrected chi connectivity index (χ1v) is 7.36. The molecule has 16 heavy (non-hydrogen) atoms. The highest BCUT2D eigenvalue weighted by Gasteiger charge is 2.24. The van der Waals surface area contributed by atoms with Gasteiger partial charge in [0, 0.05) is 9.28 Å². The lowest BCUT2D eigenvalue weighted by molar-refractivity contribution is 0.554.